The number of rotatable bonds is 3. The fourth-order valence-electron chi connectivity index (χ4n) is 2.12. The molecule has 92 valence electrons. The van der Waals surface area contributed by atoms with E-state index < -0.39 is 0 Å². The zero-order valence-electron chi connectivity index (χ0n) is 10.1. The maximum absolute atomic E-state index is 4.57. The Bertz CT molecular complexity index is 437. The Morgan fingerprint density at radius 2 is 2.35 bits per heavy atom. The van der Waals surface area contributed by atoms with Gasteiger partial charge in [0.25, 0.3) is 0 Å². The molecule has 1 aliphatic carbocycles. The van der Waals surface area contributed by atoms with Gasteiger partial charge in [0.05, 0.1) is 12.6 Å². The zero-order chi connectivity index (χ0) is 11.8. The van der Waals surface area contributed by atoms with E-state index in [1.807, 2.05) is 23.4 Å². The first-order valence-electron chi connectivity index (χ1n) is 6.05. The molecule has 1 aromatic rings. The third-order valence-corrected chi connectivity index (χ3v) is 4.61. The third-order valence-electron chi connectivity index (χ3n) is 3.30. The van der Waals surface area contributed by atoms with Crippen LogP contribution in [0.15, 0.2) is 11.3 Å². The summed E-state index contributed by atoms with van der Waals surface area (Å²) in [5.41, 5.74) is 0. The summed E-state index contributed by atoms with van der Waals surface area (Å²) in [4.78, 5) is 4.57. The lowest BCUT2D eigenvalue weighted by Crippen LogP contribution is -2.25. The molecule has 17 heavy (non-hydrogen) atoms. The molecule has 1 aliphatic heterocycles. The standard InChI is InChI=1S/C11H17N5S/c1-7(10-15-13-6-16(10)2)14-11-12-5-9(17-11)8-3-4-8/h6-9H,3-5H2,1-2H3,(H,12,14). The van der Waals surface area contributed by atoms with Gasteiger partial charge >= 0.3 is 0 Å². The van der Waals surface area contributed by atoms with Crippen LogP contribution in [0.3, 0.4) is 0 Å². The minimum atomic E-state index is 0.159. The second kappa shape index (κ2) is 4.33. The highest BCUT2D eigenvalue weighted by Crippen LogP contribution is 2.41. The Morgan fingerprint density at radius 3 is 3.00 bits per heavy atom. The molecular weight excluding hydrogens is 234 g/mol. The van der Waals surface area contributed by atoms with Crippen molar-refractivity contribution in [2.45, 2.75) is 31.1 Å². The summed E-state index contributed by atoms with van der Waals surface area (Å²) in [6, 6.07) is 0.159. The SMILES string of the molecule is CC(NC1=NCC(C2CC2)S1)c1nncn1C. The predicted octanol–water partition coefficient (Wildman–Crippen LogP) is 1.35. The van der Waals surface area contributed by atoms with Gasteiger partial charge in [0, 0.05) is 12.3 Å². The van der Waals surface area contributed by atoms with E-state index in [0.717, 1.165) is 23.5 Å². The van der Waals surface area contributed by atoms with Gasteiger partial charge in [-0.15, -0.1) is 10.2 Å². The molecule has 0 bridgehead atoms. The van der Waals surface area contributed by atoms with Gasteiger partial charge in [-0.3, -0.25) is 4.99 Å². The average Bonchev–Trinajstić information content (AvgIpc) is 2.90. The second-order valence-corrected chi connectivity index (χ2v) is 6.03. The lowest BCUT2D eigenvalue weighted by Gasteiger charge is -2.14. The van der Waals surface area contributed by atoms with Crippen LogP contribution in [0.1, 0.15) is 31.6 Å². The topological polar surface area (TPSA) is 55.1 Å². The fourth-order valence-corrected chi connectivity index (χ4v) is 3.41. The van der Waals surface area contributed by atoms with Crippen LogP contribution in [0.5, 0.6) is 0 Å². The molecule has 3 rings (SSSR count). The lowest BCUT2D eigenvalue weighted by molar-refractivity contribution is 0.629. The monoisotopic (exact) mass is 251 g/mol. The molecule has 2 unspecified atom stereocenters. The summed E-state index contributed by atoms with van der Waals surface area (Å²) in [5.74, 6) is 1.86. The Labute approximate surface area is 105 Å². The van der Waals surface area contributed by atoms with Crippen molar-refractivity contribution >= 4 is 16.9 Å². The zero-order valence-corrected chi connectivity index (χ0v) is 10.9. The number of hydrogen-bond donors (Lipinski definition) is 1. The van der Waals surface area contributed by atoms with Crippen molar-refractivity contribution in [1.82, 2.24) is 20.1 Å². The largest absolute Gasteiger partial charge is 0.355 e. The van der Waals surface area contributed by atoms with Gasteiger partial charge in [-0.05, 0) is 25.7 Å². The van der Waals surface area contributed by atoms with E-state index in [4.69, 9.17) is 0 Å². The Kier molecular flexibility index (Phi) is 2.82. The first kappa shape index (κ1) is 11.1. The molecule has 0 aromatic carbocycles. The first-order chi connectivity index (χ1) is 8.24. The van der Waals surface area contributed by atoms with Crippen LogP contribution in [0, 0.1) is 5.92 Å². The van der Waals surface area contributed by atoms with Crippen molar-refractivity contribution in [3.63, 3.8) is 0 Å². The summed E-state index contributed by atoms with van der Waals surface area (Å²) in [7, 11) is 1.96. The normalized spacial score (nSPS) is 25.8. The van der Waals surface area contributed by atoms with Gasteiger partial charge < -0.3 is 9.88 Å². The Balaban J connectivity index is 1.58. The molecule has 0 saturated heterocycles. The van der Waals surface area contributed by atoms with Crippen LogP contribution < -0.4 is 5.32 Å². The highest BCUT2D eigenvalue weighted by molar-refractivity contribution is 8.14. The number of nitrogens with one attached hydrogen (secondary N) is 1. The van der Waals surface area contributed by atoms with E-state index in [2.05, 4.69) is 27.4 Å². The minimum Gasteiger partial charge on any atom is -0.355 e. The molecule has 1 fully saturated rings. The van der Waals surface area contributed by atoms with E-state index >= 15 is 0 Å². The van der Waals surface area contributed by atoms with E-state index in [1.165, 1.54) is 12.8 Å². The van der Waals surface area contributed by atoms with Crippen molar-refractivity contribution in [3.05, 3.63) is 12.2 Å². The summed E-state index contributed by atoms with van der Waals surface area (Å²) >= 11 is 1.89. The number of aryl methyl sites for hydroxylation is 1. The maximum Gasteiger partial charge on any atom is 0.157 e. The van der Waals surface area contributed by atoms with Crippen molar-refractivity contribution in [1.29, 1.82) is 0 Å². The number of nitrogens with zero attached hydrogens (tertiary/aromatic N) is 4. The number of hydrogen-bond acceptors (Lipinski definition) is 5. The molecule has 6 heteroatoms. The lowest BCUT2D eigenvalue weighted by atomic mass is 10.3. The van der Waals surface area contributed by atoms with Crippen LogP contribution in [0.25, 0.3) is 0 Å². The van der Waals surface area contributed by atoms with E-state index in [1.54, 1.807) is 6.33 Å². The minimum absolute atomic E-state index is 0.159. The number of aromatic nitrogens is 3. The summed E-state index contributed by atoms with van der Waals surface area (Å²) in [6.07, 6.45) is 4.50. The third kappa shape index (κ3) is 2.31. The van der Waals surface area contributed by atoms with Crippen molar-refractivity contribution in [2.24, 2.45) is 18.0 Å². The van der Waals surface area contributed by atoms with Gasteiger partial charge in [0.1, 0.15) is 6.33 Å². The molecule has 2 heterocycles. The first-order valence-corrected chi connectivity index (χ1v) is 6.93. The van der Waals surface area contributed by atoms with Gasteiger partial charge in [0.15, 0.2) is 11.0 Å². The molecule has 0 radical (unpaired) electrons. The average molecular weight is 251 g/mol. The Morgan fingerprint density at radius 1 is 1.53 bits per heavy atom. The van der Waals surface area contributed by atoms with Gasteiger partial charge in [0.2, 0.25) is 0 Å². The van der Waals surface area contributed by atoms with E-state index in [9.17, 15) is 0 Å². The summed E-state index contributed by atoms with van der Waals surface area (Å²) in [6.45, 7) is 3.07. The van der Waals surface area contributed by atoms with Crippen LogP contribution >= 0.6 is 11.8 Å². The van der Waals surface area contributed by atoms with E-state index in [-0.39, 0.29) is 6.04 Å². The van der Waals surface area contributed by atoms with Gasteiger partial charge in [-0.2, -0.15) is 0 Å². The number of aliphatic imine (C=N–C) groups is 1. The highest BCUT2D eigenvalue weighted by atomic mass is 32.2. The van der Waals surface area contributed by atoms with Gasteiger partial charge in [-0.1, -0.05) is 11.8 Å². The molecule has 1 N–H and O–H groups in total. The summed E-state index contributed by atoms with van der Waals surface area (Å²) in [5, 5.41) is 13.2. The second-order valence-electron chi connectivity index (χ2n) is 4.81. The van der Waals surface area contributed by atoms with Crippen LogP contribution in [-0.4, -0.2) is 31.7 Å². The number of thioether (sulfide) groups is 1. The van der Waals surface area contributed by atoms with Crippen molar-refractivity contribution in [2.75, 3.05) is 6.54 Å². The predicted molar refractivity (Wildman–Crippen MR) is 69.0 cm³/mol. The number of amidine groups is 1. The quantitative estimate of drug-likeness (QED) is 0.881. The molecule has 1 aromatic heterocycles. The van der Waals surface area contributed by atoms with Crippen molar-refractivity contribution < 1.29 is 0 Å². The fraction of sp³-hybridized carbons (Fsp3) is 0.727. The molecule has 2 aliphatic rings. The van der Waals surface area contributed by atoms with E-state index in [0.29, 0.717) is 5.25 Å². The van der Waals surface area contributed by atoms with Crippen LogP contribution in [0.4, 0.5) is 0 Å². The molecule has 2 atom stereocenters. The molecule has 1 saturated carbocycles. The van der Waals surface area contributed by atoms with Crippen molar-refractivity contribution in [3.8, 4) is 0 Å². The molecule has 0 amide bonds. The molecular formula is C11H17N5S. The maximum atomic E-state index is 4.57. The van der Waals surface area contributed by atoms with Crippen LogP contribution in [0.2, 0.25) is 0 Å². The molecule has 0 spiro atoms. The van der Waals surface area contributed by atoms with Crippen LogP contribution in [-0.2, 0) is 7.05 Å². The Hall–Kier alpha value is -1.04. The molecule has 5 nitrogen and oxygen atoms in total. The van der Waals surface area contributed by atoms with Gasteiger partial charge in [-0.25, -0.2) is 0 Å². The highest BCUT2D eigenvalue weighted by Gasteiger charge is 2.35. The summed E-state index contributed by atoms with van der Waals surface area (Å²) < 4.78 is 1.94. The smallest absolute Gasteiger partial charge is 0.157 e.